The summed E-state index contributed by atoms with van der Waals surface area (Å²) >= 11 is 0. The van der Waals surface area contributed by atoms with E-state index in [-0.39, 0.29) is 0 Å². The molecule has 2 aromatic heterocycles. The minimum atomic E-state index is 0.652. The second-order valence-corrected chi connectivity index (χ2v) is 4.17. The molecule has 1 N–H and O–H groups in total. The monoisotopic (exact) mass is 230 g/mol. The van der Waals surface area contributed by atoms with E-state index in [1.165, 1.54) is 30.4 Å². The molecule has 5 heteroatoms. The Morgan fingerprint density at radius 2 is 2.29 bits per heavy atom. The molecule has 2 aromatic rings. The lowest BCUT2D eigenvalue weighted by Crippen LogP contribution is -2.07. The molecule has 1 aliphatic rings. The van der Waals surface area contributed by atoms with Crippen molar-refractivity contribution < 1.29 is 4.52 Å². The first-order valence-corrected chi connectivity index (χ1v) is 5.90. The van der Waals surface area contributed by atoms with Crippen LogP contribution < -0.4 is 5.32 Å². The molecule has 0 fully saturated rings. The Balaban J connectivity index is 1.58. The highest BCUT2D eigenvalue weighted by Gasteiger charge is 2.12. The van der Waals surface area contributed by atoms with Gasteiger partial charge < -0.3 is 9.84 Å². The van der Waals surface area contributed by atoms with Crippen molar-refractivity contribution >= 4 is 5.82 Å². The van der Waals surface area contributed by atoms with E-state index in [4.69, 9.17) is 4.52 Å². The zero-order valence-electron chi connectivity index (χ0n) is 9.52. The highest BCUT2D eigenvalue weighted by atomic mass is 16.5. The van der Waals surface area contributed by atoms with Crippen LogP contribution >= 0.6 is 0 Å². The molecule has 0 aliphatic heterocycles. The lowest BCUT2D eigenvalue weighted by atomic mass is 10.2. The number of nitrogens with zero attached hydrogens (tertiary/aromatic N) is 3. The lowest BCUT2D eigenvalue weighted by Gasteiger charge is -2.05. The average molecular weight is 230 g/mol. The third kappa shape index (κ3) is 2.27. The zero-order valence-corrected chi connectivity index (χ0v) is 9.52. The van der Waals surface area contributed by atoms with Gasteiger partial charge in [0.25, 0.3) is 0 Å². The quantitative estimate of drug-likeness (QED) is 0.864. The predicted molar refractivity (Wildman–Crippen MR) is 62.8 cm³/mol. The molecule has 2 heterocycles. The predicted octanol–water partition coefficient (Wildman–Crippen LogP) is 1.61. The molecule has 0 unspecified atom stereocenters. The van der Waals surface area contributed by atoms with Crippen LogP contribution in [0.5, 0.6) is 0 Å². The molecule has 0 aromatic carbocycles. The Bertz CT molecular complexity index is 495. The van der Waals surface area contributed by atoms with Gasteiger partial charge in [-0.15, -0.1) is 0 Å². The topological polar surface area (TPSA) is 63.8 Å². The van der Waals surface area contributed by atoms with Crippen LogP contribution in [0.3, 0.4) is 0 Å². The number of anilines is 1. The van der Waals surface area contributed by atoms with Gasteiger partial charge in [-0.1, -0.05) is 11.2 Å². The molecule has 0 saturated carbocycles. The first kappa shape index (κ1) is 10.3. The summed E-state index contributed by atoms with van der Waals surface area (Å²) < 4.78 is 4.92. The Morgan fingerprint density at radius 3 is 3.18 bits per heavy atom. The van der Waals surface area contributed by atoms with Crippen molar-refractivity contribution in [2.75, 3.05) is 11.9 Å². The van der Waals surface area contributed by atoms with Crippen LogP contribution in [0.15, 0.2) is 23.0 Å². The molecule has 88 valence electrons. The summed E-state index contributed by atoms with van der Waals surface area (Å²) in [7, 11) is 0. The van der Waals surface area contributed by atoms with E-state index >= 15 is 0 Å². The normalized spacial score (nSPS) is 13.6. The van der Waals surface area contributed by atoms with E-state index in [9.17, 15) is 0 Å². The Hall–Kier alpha value is -1.91. The second kappa shape index (κ2) is 4.53. The number of pyridine rings is 1. The third-order valence-corrected chi connectivity index (χ3v) is 2.98. The molecule has 0 radical (unpaired) electrons. The van der Waals surface area contributed by atoms with Crippen molar-refractivity contribution in [1.82, 2.24) is 15.1 Å². The highest BCUT2D eigenvalue weighted by Crippen LogP contribution is 2.21. The van der Waals surface area contributed by atoms with Gasteiger partial charge in [0.2, 0.25) is 5.89 Å². The van der Waals surface area contributed by atoms with Gasteiger partial charge in [0.1, 0.15) is 5.82 Å². The van der Waals surface area contributed by atoms with Crippen molar-refractivity contribution in [2.45, 2.75) is 25.7 Å². The maximum atomic E-state index is 4.92. The molecular formula is C12H14N4O. The fraction of sp³-hybridized carbons (Fsp3) is 0.417. The summed E-state index contributed by atoms with van der Waals surface area (Å²) in [5, 5.41) is 6.84. The standard InChI is InChI=1S/C12H14N4O/c1-2-9-4-5-11(16-10(9)3-1)13-7-6-12-14-8-15-17-12/h4-5,8H,1-3,6-7H2,(H,13,16). The van der Waals surface area contributed by atoms with Gasteiger partial charge in [-0.25, -0.2) is 4.98 Å². The first-order valence-electron chi connectivity index (χ1n) is 5.90. The number of aryl methyl sites for hydroxylation is 2. The van der Waals surface area contributed by atoms with Crippen molar-refractivity contribution in [3.63, 3.8) is 0 Å². The minimum absolute atomic E-state index is 0.652. The molecule has 1 aliphatic carbocycles. The lowest BCUT2D eigenvalue weighted by molar-refractivity contribution is 0.379. The van der Waals surface area contributed by atoms with E-state index in [0.29, 0.717) is 5.89 Å². The Morgan fingerprint density at radius 1 is 1.29 bits per heavy atom. The number of hydrogen-bond donors (Lipinski definition) is 1. The summed E-state index contributed by atoms with van der Waals surface area (Å²) in [6.07, 6.45) is 5.65. The van der Waals surface area contributed by atoms with Gasteiger partial charge in [-0.3, -0.25) is 0 Å². The van der Waals surface area contributed by atoms with Crippen LogP contribution in [0.2, 0.25) is 0 Å². The average Bonchev–Trinajstić information content (AvgIpc) is 2.98. The van der Waals surface area contributed by atoms with Gasteiger partial charge >= 0.3 is 0 Å². The summed E-state index contributed by atoms with van der Waals surface area (Å²) in [5.74, 6) is 1.59. The number of nitrogens with one attached hydrogen (secondary N) is 1. The fourth-order valence-corrected chi connectivity index (χ4v) is 2.12. The van der Waals surface area contributed by atoms with E-state index < -0.39 is 0 Å². The third-order valence-electron chi connectivity index (χ3n) is 2.98. The van der Waals surface area contributed by atoms with E-state index in [2.05, 4.69) is 26.5 Å². The van der Waals surface area contributed by atoms with Gasteiger partial charge in [-0.2, -0.15) is 4.98 Å². The number of fused-ring (bicyclic) bond motifs is 1. The van der Waals surface area contributed by atoms with Crippen molar-refractivity contribution in [2.24, 2.45) is 0 Å². The zero-order chi connectivity index (χ0) is 11.5. The number of rotatable bonds is 4. The molecule has 0 atom stereocenters. The van der Waals surface area contributed by atoms with Crippen LogP contribution in [0.1, 0.15) is 23.6 Å². The van der Waals surface area contributed by atoms with Crippen LogP contribution in [0.25, 0.3) is 0 Å². The van der Waals surface area contributed by atoms with Crippen molar-refractivity contribution in [1.29, 1.82) is 0 Å². The number of hydrogen-bond acceptors (Lipinski definition) is 5. The highest BCUT2D eigenvalue weighted by molar-refractivity contribution is 5.40. The Kier molecular flexibility index (Phi) is 2.73. The van der Waals surface area contributed by atoms with Gasteiger partial charge in [0.05, 0.1) is 0 Å². The molecule has 17 heavy (non-hydrogen) atoms. The summed E-state index contributed by atoms with van der Waals surface area (Å²) in [4.78, 5) is 8.56. The van der Waals surface area contributed by atoms with Gasteiger partial charge in [0.15, 0.2) is 6.33 Å². The van der Waals surface area contributed by atoms with Crippen LogP contribution in [-0.4, -0.2) is 21.7 Å². The van der Waals surface area contributed by atoms with Crippen LogP contribution in [0, 0.1) is 0 Å². The van der Waals surface area contributed by atoms with E-state index in [1.54, 1.807) is 0 Å². The minimum Gasteiger partial charge on any atom is -0.370 e. The van der Waals surface area contributed by atoms with E-state index in [0.717, 1.165) is 25.2 Å². The van der Waals surface area contributed by atoms with Crippen LogP contribution in [-0.2, 0) is 19.3 Å². The molecule has 3 rings (SSSR count). The smallest absolute Gasteiger partial charge is 0.228 e. The Labute approximate surface area is 99.3 Å². The largest absolute Gasteiger partial charge is 0.370 e. The second-order valence-electron chi connectivity index (χ2n) is 4.17. The SMILES string of the molecule is c1noc(CCNc2ccc3c(n2)CCC3)n1. The molecule has 0 amide bonds. The molecule has 0 bridgehead atoms. The number of aromatic nitrogens is 3. The summed E-state index contributed by atoms with van der Waals surface area (Å²) in [6.45, 7) is 0.758. The fourth-order valence-electron chi connectivity index (χ4n) is 2.12. The van der Waals surface area contributed by atoms with E-state index in [1.807, 2.05) is 6.07 Å². The summed E-state index contributed by atoms with van der Waals surface area (Å²) in [5.41, 5.74) is 2.64. The molecule has 0 saturated heterocycles. The maximum Gasteiger partial charge on any atom is 0.228 e. The molecule has 0 spiro atoms. The summed E-state index contributed by atoms with van der Waals surface area (Å²) in [6, 6.07) is 4.21. The van der Waals surface area contributed by atoms with Crippen molar-refractivity contribution in [3.8, 4) is 0 Å². The van der Waals surface area contributed by atoms with Gasteiger partial charge in [0, 0.05) is 18.7 Å². The van der Waals surface area contributed by atoms with Crippen LogP contribution in [0.4, 0.5) is 5.82 Å². The van der Waals surface area contributed by atoms with Crippen molar-refractivity contribution in [3.05, 3.63) is 35.6 Å². The maximum absolute atomic E-state index is 4.92. The molecular weight excluding hydrogens is 216 g/mol. The molecule has 5 nitrogen and oxygen atoms in total. The van der Waals surface area contributed by atoms with Gasteiger partial charge in [-0.05, 0) is 30.9 Å². The first-order chi connectivity index (χ1) is 8.42.